The monoisotopic (exact) mass is 754 g/mol. The summed E-state index contributed by atoms with van der Waals surface area (Å²) in [6.07, 6.45) is 0. The fourth-order valence-corrected chi connectivity index (χ4v) is 9.28. The van der Waals surface area contributed by atoms with Crippen LogP contribution in [-0.4, -0.2) is 21.6 Å². The van der Waals surface area contributed by atoms with Crippen molar-refractivity contribution >= 4 is 45.0 Å². The van der Waals surface area contributed by atoms with Crippen molar-refractivity contribution in [2.45, 2.75) is 0 Å². The summed E-state index contributed by atoms with van der Waals surface area (Å²) >= 11 is 3.59. The lowest BCUT2D eigenvalue weighted by atomic mass is 9.91. The molecule has 1 saturated heterocycles. The molecule has 268 valence electrons. The van der Waals surface area contributed by atoms with Gasteiger partial charge in [-0.2, -0.15) is 0 Å². The quantitative estimate of drug-likeness (QED) is 0.154. The van der Waals surface area contributed by atoms with E-state index in [4.69, 9.17) is 9.98 Å². The summed E-state index contributed by atoms with van der Waals surface area (Å²) in [5.74, 6) is 1.91. The van der Waals surface area contributed by atoms with E-state index in [0.29, 0.717) is 0 Å². The molecule has 0 aromatic heterocycles. The molecule has 1 aliphatic rings. The minimum Gasteiger partial charge on any atom is -0.238 e. The first-order chi connectivity index (χ1) is 27.8. The molecule has 0 saturated carbocycles. The number of rotatable bonds is 8. The van der Waals surface area contributed by atoms with Crippen LogP contribution in [0, 0.1) is 0 Å². The number of hydrogen-bond donors (Lipinski definition) is 0. The summed E-state index contributed by atoms with van der Waals surface area (Å²) in [5.41, 5.74) is 15.4. The molecule has 4 heteroatoms. The van der Waals surface area contributed by atoms with Crippen LogP contribution < -0.4 is 0 Å². The van der Waals surface area contributed by atoms with Crippen LogP contribution in [0.2, 0.25) is 0 Å². The van der Waals surface area contributed by atoms with Gasteiger partial charge in [-0.3, -0.25) is 0 Å². The fourth-order valence-electron chi connectivity index (χ4n) is 7.22. The first-order valence-corrected chi connectivity index (χ1v) is 20.9. The molecule has 0 unspecified atom stereocenters. The molecule has 1 aliphatic heterocycles. The van der Waals surface area contributed by atoms with Crippen molar-refractivity contribution in [2.75, 3.05) is 11.5 Å². The zero-order valence-corrected chi connectivity index (χ0v) is 32.4. The minimum absolute atomic E-state index is 0.938. The lowest BCUT2D eigenvalue weighted by Gasteiger charge is -2.21. The van der Waals surface area contributed by atoms with Crippen LogP contribution in [0.1, 0.15) is 0 Å². The molecule has 0 atom stereocenters. The smallest absolute Gasteiger partial charge is 0.129 e. The van der Waals surface area contributed by atoms with Gasteiger partial charge in [0, 0.05) is 33.8 Å². The van der Waals surface area contributed by atoms with Gasteiger partial charge in [-0.25, -0.2) is 9.98 Å². The van der Waals surface area contributed by atoms with Crippen LogP contribution >= 0.6 is 23.5 Å². The maximum atomic E-state index is 5.68. The van der Waals surface area contributed by atoms with Gasteiger partial charge in [-0.15, -0.1) is 23.5 Å². The van der Waals surface area contributed by atoms with Crippen LogP contribution in [0.4, 0.5) is 11.4 Å². The normalized spacial score (nSPS) is 14.2. The second kappa shape index (κ2) is 16.7. The summed E-state index contributed by atoms with van der Waals surface area (Å²) in [6, 6.07) is 73.1. The zero-order valence-electron chi connectivity index (χ0n) is 30.8. The van der Waals surface area contributed by atoms with Gasteiger partial charge >= 0.3 is 0 Å². The van der Waals surface area contributed by atoms with Crippen molar-refractivity contribution in [3.8, 4) is 66.8 Å². The molecule has 0 aliphatic carbocycles. The summed E-state index contributed by atoms with van der Waals surface area (Å²) in [4.78, 5) is 11.4. The van der Waals surface area contributed by atoms with E-state index in [1.165, 1.54) is 11.1 Å². The van der Waals surface area contributed by atoms with E-state index in [2.05, 4.69) is 206 Å². The number of thioether (sulfide) groups is 2. The van der Waals surface area contributed by atoms with Crippen molar-refractivity contribution < 1.29 is 0 Å². The third-order valence-corrected chi connectivity index (χ3v) is 12.3. The highest BCUT2D eigenvalue weighted by Gasteiger charge is 2.23. The number of hydrogen-bond acceptors (Lipinski definition) is 4. The molecular weight excluding hydrogens is 717 g/mol. The molecule has 0 radical (unpaired) electrons. The van der Waals surface area contributed by atoms with Gasteiger partial charge < -0.3 is 0 Å². The molecule has 8 aromatic carbocycles. The van der Waals surface area contributed by atoms with E-state index >= 15 is 0 Å². The zero-order chi connectivity index (χ0) is 37.5. The second-order valence-corrected chi connectivity index (χ2v) is 15.7. The third-order valence-electron chi connectivity index (χ3n) is 9.94. The van der Waals surface area contributed by atoms with Crippen molar-refractivity contribution in [3.63, 3.8) is 0 Å². The van der Waals surface area contributed by atoms with Gasteiger partial charge in [0.2, 0.25) is 0 Å². The van der Waals surface area contributed by atoms with E-state index in [0.717, 1.165) is 88.6 Å². The summed E-state index contributed by atoms with van der Waals surface area (Å²) < 4.78 is 0. The topological polar surface area (TPSA) is 24.7 Å². The van der Waals surface area contributed by atoms with Gasteiger partial charge in [-0.05, 0) is 68.8 Å². The van der Waals surface area contributed by atoms with Crippen LogP contribution in [0.3, 0.4) is 0 Å². The predicted molar refractivity (Wildman–Crippen MR) is 245 cm³/mol. The minimum atomic E-state index is 0.938. The Labute approximate surface area is 337 Å². The number of nitrogens with zero attached hydrogens (tertiary/aromatic N) is 2. The van der Waals surface area contributed by atoms with Gasteiger partial charge in [-0.1, -0.05) is 182 Å². The summed E-state index contributed by atoms with van der Waals surface area (Å²) in [5, 5.41) is 1.88. The van der Waals surface area contributed by atoms with Gasteiger partial charge in [0.1, 0.15) is 10.1 Å². The lowest BCUT2D eigenvalue weighted by molar-refractivity contribution is 1.48. The molecule has 9 rings (SSSR count). The molecular formula is C52H38N2S2. The molecule has 56 heavy (non-hydrogen) atoms. The molecule has 1 fully saturated rings. The maximum Gasteiger partial charge on any atom is 0.129 e. The molecule has 0 amide bonds. The summed E-state index contributed by atoms with van der Waals surface area (Å²) in [6.45, 7) is 0. The van der Waals surface area contributed by atoms with Crippen LogP contribution in [0.5, 0.6) is 0 Å². The Morgan fingerprint density at radius 1 is 0.268 bits per heavy atom. The highest BCUT2D eigenvalue weighted by Crippen LogP contribution is 2.46. The van der Waals surface area contributed by atoms with Gasteiger partial charge in [0.25, 0.3) is 0 Å². The van der Waals surface area contributed by atoms with Crippen LogP contribution in [-0.2, 0) is 0 Å². The Morgan fingerprint density at radius 3 is 0.750 bits per heavy atom. The van der Waals surface area contributed by atoms with Gasteiger partial charge in [0.15, 0.2) is 0 Å². The first-order valence-electron chi connectivity index (χ1n) is 18.9. The largest absolute Gasteiger partial charge is 0.238 e. The van der Waals surface area contributed by atoms with Crippen molar-refractivity contribution in [2.24, 2.45) is 9.98 Å². The summed E-state index contributed by atoms with van der Waals surface area (Å²) in [7, 11) is 0. The first kappa shape index (κ1) is 35.5. The van der Waals surface area contributed by atoms with Gasteiger partial charge in [0.05, 0.1) is 11.4 Å². The maximum absolute atomic E-state index is 5.68. The molecule has 0 spiro atoms. The number of aliphatic imine (C=N–C) groups is 2. The van der Waals surface area contributed by atoms with Crippen LogP contribution in [0.15, 0.2) is 216 Å². The Bertz CT molecular complexity index is 2330. The second-order valence-electron chi connectivity index (χ2n) is 13.6. The third kappa shape index (κ3) is 7.67. The Balaban J connectivity index is 1.30. The Kier molecular flexibility index (Phi) is 10.6. The van der Waals surface area contributed by atoms with Crippen molar-refractivity contribution in [1.29, 1.82) is 0 Å². The van der Waals surface area contributed by atoms with E-state index in [9.17, 15) is 0 Å². The van der Waals surface area contributed by atoms with Crippen LogP contribution in [0.25, 0.3) is 66.8 Å². The SMILES string of the molecule is c1ccc(-c2cc(-c3ccccc3)c(/N=C3\SCCS\C3=N/c3c(-c4ccccc4)cc(-c4ccccc4)cc3-c3ccccc3)c(-c3ccccc3)c2)cc1. The lowest BCUT2D eigenvalue weighted by Crippen LogP contribution is -2.14. The molecule has 1 heterocycles. The predicted octanol–water partition coefficient (Wildman–Crippen LogP) is 14.9. The fraction of sp³-hybridized carbons (Fsp3) is 0.0385. The Hall–Kier alpha value is -6.20. The average Bonchev–Trinajstić information content (AvgIpc) is 3.29. The van der Waals surface area contributed by atoms with E-state index in [1.807, 2.05) is 0 Å². The highest BCUT2D eigenvalue weighted by atomic mass is 32.2. The molecule has 0 N–H and O–H groups in total. The molecule has 8 aromatic rings. The number of benzene rings is 8. The average molecular weight is 755 g/mol. The van der Waals surface area contributed by atoms with E-state index in [1.54, 1.807) is 23.5 Å². The Morgan fingerprint density at radius 2 is 0.500 bits per heavy atom. The highest BCUT2D eigenvalue weighted by molar-refractivity contribution is 8.27. The van der Waals surface area contributed by atoms with E-state index < -0.39 is 0 Å². The molecule has 2 nitrogen and oxygen atoms in total. The standard InChI is InChI=1S/C52H38N2S2/c1-7-19-37(20-8-1)43-33-45(39-23-11-3-12-24-39)49(46(34-43)40-25-13-4-14-26-40)53-51-52(56-32-31-55-51)54-50-47(41-27-15-5-16-28-41)35-44(38-21-9-2-10-22-38)36-48(50)42-29-17-6-18-30-42/h1-30,33-36H,31-32H2/b53-51-,54-52-. The van der Waals surface area contributed by atoms with Crippen molar-refractivity contribution in [3.05, 3.63) is 206 Å². The molecule has 0 bridgehead atoms. The van der Waals surface area contributed by atoms with Crippen molar-refractivity contribution in [1.82, 2.24) is 0 Å². The van der Waals surface area contributed by atoms with E-state index in [-0.39, 0.29) is 0 Å².